The van der Waals surface area contributed by atoms with Gasteiger partial charge in [-0.15, -0.1) is 0 Å². The van der Waals surface area contributed by atoms with Gasteiger partial charge < -0.3 is 20.3 Å². The van der Waals surface area contributed by atoms with Crippen LogP contribution < -0.4 is 15.5 Å². The maximum absolute atomic E-state index is 13.9. The van der Waals surface area contributed by atoms with Crippen molar-refractivity contribution in [2.75, 3.05) is 38.2 Å². The Labute approximate surface area is 169 Å². The molecule has 2 heterocycles. The minimum Gasteiger partial charge on any atom is -0.375 e. The Morgan fingerprint density at radius 1 is 1.39 bits per heavy atom. The number of hydrogen-bond acceptors (Lipinski definition) is 4. The summed E-state index contributed by atoms with van der Waals surface area (Å²) in [6, 6.07) is 10.8. The summed E-state index contributed by atoms with van der Waals surface area (Å²) in [5.74, 6) is 0.825. The van der Waals surface area contributed by atoms with Crippen molar-refractivity contribution in [2.45, 2.75) is 19.1 Å². The van der Waals surface area contributed by atoms with Crippen LogP contribution in [0.4, 0.5) is 10.2 Å². The van der Waals surface area contributed by atoms with Crippen molar-refractivity contribution in [3.8, 4) is 0 Å². The molecule has 1 saturated heterocycles. The summed E-state index contributed by atoms with van der Waals surface area (Å²) in [5, 5.41) is 7.32. The van der Waals surface area contributed by atoms with Crippen molar-refractivity contribution in [1.82, 2.24) is 15.6 Å². The fourth-order valence-corrected chi connectivity index (χ4v) is 3.34. The maximum atomic E-state index is 13.9. The van der Waals surface area contributed by atoms with Crippen LogP contribution in [0, 0.1) is 5.82 Å². The summed E-state index contributed by atoms with van der Waals surface area (Å²) >= 11 is 5.96. The van der Waals surface area contributed by atoms with Crippen LogP contribution in [0.25, 0.3) is 0 Å². The average Bonchev–Trinajstić information content (AvgIpc) is 3.15. The van der Waals surface area contributed by atoms with Gasteiger partial charge >= 0.3 is 0 Å². The molecule has 3 rings (SSSR count). The van der Waals surface area contributed by atoms with Crippen LogP contribution >= 0.6 is 11.6 Å². The Hall–Kier alpha value is -2.38. The molecular weight excluding hydrogens is 381 g/mol. The van der Waals surface area contributed by atoms with Crippen molar-refractivity contribution in [2.24, 2.45) is 4.99 Å². The molecule has 0 amide bonds. The number of nitrogens with one attached hydrogen (secondary N) is 2. The number of pyridine rings is 1. The molecule has 1 aromatic carbocycles. The SMILES string of the molecule is CN=C(NCCOCc1cccc(Cl)c1)NC1CCN(c2ncccc2F)C1. The van der Waals surface area contributed by atoms with Gasteiger partial charge in [-0.25, -0.2) is 9.37 Å². The topological polar surface area (TPSA) is 61.8 Å². The van der Waals surface area contributed by atoms with Crippen LogP contribution in [-0.4, -0.2) is 50.3 Å². The first-order valence-electron chi connectivity index (χ1n) is 9.30. The first-order chi connectivity index (χ1) is 13.7. The van der Waals surface area contributed by atoms with E-state index in [1.807, 2.05) is 29.2 Å². The second-order valence-electron chi connectivity index (χ2n) is 6.57. The maximum Gasteiger partial charge on any atom is 0.191 e. The van der Waals surface area contributed by atoms with E-state index >= 15 is 0 Å². The molecule has 1 aliphatic heterocycles. The average molecular weight is 406 g/mol. The van der Waals surface area contributed by atoms with E-state index in [1.165, 1.54) is 6.07 Å². The highest BCUT2D eigenvalue weighted by molar-refractivity contribution is 6.30. The molecule has 1 aliphatic rings. The Bertz CT molecular complexity index is 804. The van der Waals surface area contributed by atoms with E-state index in [9.17, 15) is 4.39 Å². The number of nitrogens with zero attached hydrogens (tertiary/aromatic N) is 3. The quantitative estimate of drug-likeness (QED) is 0.421. The van der Waals surface area contributed by atoms with Crippen molar-refractivity contribution < 1.29 is 9.13 Å². The van der Waals surface area contributed by atoms with Crippen molar-refractivity contribution >= 4 is 23.4 Å². The minimum atomic E-state index is -0.289. The fourth-order valence-electron chi connectivity index (χ4n) is 3.13. The molecule has 150 valence electrons. The van der Waals surface area contributed by atoms with E-state index in [2.05, 4.69) is 20.6 Å². The van der Waals surface area contributed by atoms with Gasteiger partial charge in [0, 0.05) is 43.9 Å². The highest BCUT2D eigenvalue weighted by Gasteiger charge is 2.25. The molecule has 0 spiro atoms. The van der Waals surface area contributed by atoms with E-state index in [0.29, 0.717) is 43.1 Å². The zero-order valence-corrected chi connectivity index (χ0v) is 16.6. The van der Waals surface area contributed by atoms with Crippen molar-refractivity contribution in [3.05, 3.63) is 59.0 Å². The molecule has 0 radical (unpaired) electrons. The fraction of sp³-hybridized carbons (Fsp3) is 0.400. The molecule has 0 saturated carbocycles. The molecule has 1 atom stereocenters. The lowest BCUT2D eigenvalue weighted by Crippen LogP contribution is -2.45. The number of aliphatic imine (C=N–C) groups is 1. The first-order valence-corrected chi connectivity index (χ1v) is 9.68. The molecular formula is C20H25ClFN5O. The number of guanidine groups is 1. The Kier molecular flexibility index (Phi) is 7.45. The van der Waals surface area contributed by atoms with Crippen molar-refractivity contribution in [3.63, 3.8) is 0 Å². The van der Waals surface area contributed by atoms with Crippen LogP contribution in [0.15, 0.2) is 47.6 Å². The van der Waals surface area contributed by atoms with E-state index in [0.717, 1.165) is 18.5 Å². The van der Waals surface area contributed by atoms with Gasteiger partial charge in [0.05, 0.1) is 13.2 Å². The summed E-state index contributed by atoms with van der Waals surface area (Å²) in [6.07, 6.45) is 2.50. The zero-order valence-electron chi connectivity index (χ0n) is 15.9. The molecule has 1 fully saturated rings. The summed E-state index contributed by atoms with van der Waals surface area (Å²) in [4.78, 5) is 10.3. The Morgan fingerprint density at radius 3 is 3.07 bits per heavy atom. The van der Waals surface area contributed by atoms with Crippen LogP contribution in [-0.2, 0) is 11.3 Å². The molecule has 1 unspecified atom stereocenters. The number of rotatable bonds is 7. The summed E-state index contributed by atoms with van der Waals surface area (Å²) in [7, 11) is 1.73. The first kappa shape index (κ1) is 20.4. The highest BCUT2D eigenvalue weighted by atomic mass is 35.5. The smallest absolute Gasteiger partial charge is 0.191 e. The lowest BCUT2D eigenvalue weighted by Gasteiger charge is -2.20. The predicted molar refractivity (Wildman–Crippen MR) is 110 cm³/mol. The van der Waals surface area contributed by atoms with Gasteiger partial charge in [0.15, 0.2) is 17.6 Å². The minimum absolute atomic E-state index is 0.181. The van der Waals surface area contributed by atoms with E-state index in [1.54, 1.807) is 19.3 Å². The van der Waals surface area contributed by atoms with Gasteiger partial charge in [-0.05, 0) is 36.2 Å². The standard InChI is InChI=1S/C20H25ClFN5O/c1-23-20(25-9-11-28-14-15-4-2-5-16(21)12-15)26-17-7-10-27(13-17)19-18(22)6-3-8-24-19/h2-6,8,12,17H,7,9-11,13-14H2,1H3,(H2,23,25,26). The molecule has 2 N–H and O–H groups in total. The third kappa shape index (κ3) is 5.81. The van der Waals surface area contributed by atoms with Gasteiger partial charge in [0.25, 0.3) is 0 Å². The number of anilines is 1. The van der Waals surface area contributed by atoms with Crippen molar-refractivity contribution in [1.29, 1.82) is 0 Å². The number of aromatic nitrogens is 1. The second-order valence-corrected chi connectivity index (χ2v) is 7.00. The van der Waals surface area contributed by atoms with Gasteiger partial charge in [0.2, 0.25) is 0 Å². The monoisotopic (exact) mass is 405 g/mol. The highest BCUT2D eigenvalue weighted by Crippen LogP contribution is 2.20. The summed E-state index contributed by atoms with van der Waals surface area (Å²) in [5.41, 5.74) is 1.04. The third-order valence-electron chi connectivity index (χ3n) is 4.49. The molecule has 0 bridgehead atoms. The van der Waals surface area contributed by atoms with E-state index in [4.69, 9.17) is 16.3 Å². The molecule has 6 nitrogen and oxygen atoms in total. The molecule has 1 aromatic heterocycles. The Morgan fingerprint density at radius 2 is 2.29 bits per heavy atom. The number of hydrogen-bond donors (Lipinski definition) is 2. The van der Waals surface area contributed by atoms with Crippen LogP contribution in [0.3, 0.4) is 0 Å². The molecule has 28 heavy (non-hydrogen) atoms. The lowest BCUT2D eigenvalue weighted by molar-refractivity contribution is 0.125. The number of ether oxygens (including phenoxy) is 1. The molecule has 2 aromatic rings. The number of halogens is 2. The normalized spacial score (nSPS) is 17.0. The summed E-state index contributed by atoms with van der Waals surface area (Å²) < 4.78 is 19.6. The Balaban J connectivity index is 1.37. The van der Waals surface area contributed by atoms with Crippen LogP contribution in [0.1, 0.15) is 12.0 Å². The number of benzene rings is 1. The molecule has 8 heteroatoms. The largest absolute Gasteiger partial charge is 0.375 e. The second kappa shape index (κ2) is 10.2. The van der Waals surface area contributed by atoms with Gasteiger partial charge in [-0.2, -0.15) is 0 Å². The van der Waals surface area contributed by atoms with Gasteiger partial charge in [0.1, 0.15) is 0 Å². The van der Waals surface area contributed by atoms with Gasteiger partial charge in [-0.1, -0.05) is 23.7 Å². The van der Waals surface area contributed by atoms with E-state index < -0.39 is 0 Å². The summed E-state index contributed by atoms with van der Waals surface area (Å²) in [6.45, 7) is 3.13. The van der Waals surface area contributed by atoms with Gasteiger partial charge in [-0.3, -0.25) is 4.99 Å². The van der Waals surface area contributed by atoms with E-state index in [-0.39, 0.29) is 11.9 Å². The van der Waals surface area contributed by atoms with Crippen LogP contribution in [0.2, 0.25) is 5.02 Å². The van der Waals surface area contributed by atoms with Crippen LogP contribution in [0.5, 0.6) is 0 Å². The zero-order chi connectivity index (χ0) is 19.8. The third-order valence-corrected chi connectivity index (χ3v) is 4.72. The lowest BCUT2D eigenvalue weighted by atomic mass is 10.2. The molecule has 0 aliphatic carbocycles. The predicted octanol–water partition coefficient (Wildman–Crippen LogP) is 2.83.